The number of ether oxygens (including phenoxy) is 2. The van der Waals surface area contributed by atoms with Crippen molar-refractivity contribution in [1.82, 2.24) is 4.90 Å². The minimum atomic E-state index is -0.779. The van der Waals surface area contributed by atoms with E-state index in [4.69, 9.17) is 9.47 Å². The zero-order valence-corrected chi connectivity index (χ0v) is 12.9. The molecule has 0 bridgehead atoms. The third-order valence-electron chi connectivity index (χ3n) is 3.42. The fourth-order valence-electron chi connectivity index (χ4n) is 2.19. The Labute approximate surface area is 126 Å². The second-order valence-electron chi connectivity index (χ2n) is 5.01. The van der Waals surface area contributed by atoms with Crippen LogP contribution in [-0.2, 0) is 9.47 Å². The zero-order chi connectivity index (χ0) is 15.5. The van der Waals surface area contributed by atoms with Crippen molar-refractivity contribution in [1.29, 1.82) is 0 Å². The molecule has 0 heterocycles. The predicted molar refractivity (Wildman–Crippen MR) is 80.8 cm³/mol. The lowest BCUT2D eigenvalue weighted by molar-refractivity contribution is 0.107. The van der Waals surface area contributed by atoms with Crippen molar-refractivity contribution in [3.63, 3.8) is 0 Å². The Bertz CT molecular complexity index is 390. The van der Waals surface area contributed by atoms with Gasteiger partial charge >= 0.3 is 0 Å². The van der Waals surface area contributed by atoms with Gasteiger partial charge < -0.3 is 19.5 Å². The Kier molecular flexibility index (Phi) is 9.17. The van der Waals surface area contributed by atoms with Crippen LogP contribution in [0.4, 0.5) is 4.39 Å². The van der Waals surface area contributed by atoms with Gasteiger partial charge in [0.1, 0.15) is 5.82 Å². The van der Waals surface area contributed by atoms with Gasteiger partial charge in [-0.15, -0.1) is 0 Å². The molecule has 1 atom stereocenters. The summed E-state index contributed by atoms with van der Waals surface area (Å²) in [6, 6.07) is 6.37. The fraction of sp³-hybridized carbons (Fsp3) is 0.625. The van der Waals surface area contributed by atoms with Crippen LogP contribution in [-0.4, -0.2) is 57.1 Å². The van der Waals surface area contributed by atoms with Crippen molar-refractivity contribution >= 4 is 0 Å². The number of rotatable bonds is 11. The van der Waals surface area contributed by atoms with Gasteiger partial charge in [-0.2, -0.15) is 0 Å². The van der Waals surface area contributed by atoms with Gasteiger partial charge in [-0.05, 0) is 18.9 Å². The van der Waals surface area contributed by atoms with Gasteiger partial charge in [0.25, 0.3) is 0 Å². The molecule has 4 nitrogen and oxygen atoms in total. The summed E-state index contributed by atoms with van der Waals surface area (Å²) in [7, 11) is 3.35. The molecule has 0 amide bonds. The molecule has 1 aromatic rings. The molecule has 1 N–H and O–H groups in total. The summed E-state index contributed by atoms with van der Waals surface area (Å²) in [5.41, 5.74) is 0.362. The molecule has 0 spiro atoms. The van der Waals surface area contributed by atoms with Gasteiger partial charge in [-0.3, -0.25) is 0 Å². The summed E-state index contributed by atoms with van der Waals surface area (Å²) in [6.45, 7) is 3.72. The molecule has 0 aromatic heterocycles. The maximum absolute atomic E-state index is 13.6. The Hall–Kier alpha value is -1.01. The van der Waals surface area contributed by atoms with E-state index < -0.39 is 6.10 Å². The minimum absolute atomic E-state index is 0.354. The Morgan fingerprint density at radius 1 is 1.10 bits per heavy atom. The predicted octanol–water partition coefficient (Wildman–Crippen LogP) is 2.23. The number of halogens is 1. The first kappa shape index (κ1) is 18.0. The lowest BCUT2D eigenvalue weighted by atomic mass is 10.1. The number of aliphatic hydroxyl groups excluding tert-OH is 1. The van der Waals surface area contributed by atoms with E-state index in [-0.39, 0.29) is 5.82 Å². The molecule has 120 valence electrons. The van der Waals surface area contributed by atoms with E-state index in [0.717, 1.165) is 19.5 Å². The van der Waals surface area contributed by atoms with Gasteiger partial charge in [0.05, 0.1) is 12.7 Å². The molecule has 0 aliphatic rings. The largest absolute Gasteiger partial charge is 0.388 e. The summed E-state index contributed by atoms with van der Waals surface area (Å²) in [4.78, 5) is 2.20. The lowest BCUT2D eigenvalue weighted by Gasteiger charge is -2.23. The highest BCUT2D eigenvalue weighted by atomic mass is 19.1. The molecule has 0 saturated heterocycles. The Morgan fingerprint density at radius 3 is 2.48 bits per heavy atom. The van der Waals surface area contributed by atoms with Crippen molar-refractivity contribution in [2.75, 3.05) is 47.1 Å². The standard InChI is InChI=1S/C16H26FNO3/c1-20-12-5-9-18(11-13-21-2)10-8-16(19)14-6-3-4-7-15(14)17/h3-4,6-7,16,19H,5,8-13H2,1-2H3. The Morgan fingerprint density at radius 2 is 1.81 bits per heavy atom. The summed E-state index contributed by atoms with van der Waals surface area (Å²) in [5.74, 6) is -0.354. The molecule has 1 aromatic carbocycles. The minimum Gasteiger partial charge on any atom is -0.388 e. The van der Waals surface area contributed by atoms with E-state index in [0.29, 0.717) is 31.7 Å². The van der Waals surface area contributed by atoms with Crippen LogP contribution >= 0.6 is 0 Å². The molecule has 0 radical (unpaired) electrons. The molecule has 0 aliphatic carbocycles. The monoisotopic (exact) mass is 299 g/mol. The third-order valence-corrected chi connectivity index (χ3v) is 3.42. The lowest BCUT2D eigenvalue weighted by Crippen LogP contribution is -2.31. The van der Waals surface area contributed by atoms with E-state index in [1.807, 2.05) is 0 Å². The summed E-state index contributed by atoms with van der Waals surface area (Å²) >= 11 is 0. The number of hydrogen-bond acceptors (Lipinski definition) is 4. The molecule has 1 rings (SSSR count). The molecule has 0 fully saturated rings. The van der Waals surface area contributed by atoms with Gasteiger partial charge in [0.15, 0.2) is 0 Å². The molecule has 1 unspecified atom stereocenters. The smallest absolute Gasteiger partial charge is 0.128 e. The number of nitrogens with zero attached hydrogens (tertiary/aromatic N) is 1. The average molecular weight is 299 g/mol. The maximum Gasteiger partial charge on any atom is 0.128 e. The molecular weight excluding hydrogens is 273 g/mol. The Balaban J connectivity index is 2.45. The van der Waals surface area contributed by atoms with Crippen molar-refractivity contribution in [3.05, 3.63) is 35.6 Å². The zero-order valence-electron chi connectivity index (χ0n) is 12.9. The van der Waals surface area contributed by atoms with Crippen molar-refractivity contribution in [2.24, 2.45) is 0 Å². The van der Waals surface area contributed by atoms with Crippen LogP contribution in [0.25, 0.3) is 0 Å². The summed E-state index contributed by atoms with van der Waals surface area (Å²) in [5, 5.41) is 10.1. The molecular formula is C16H26FNO3. The van der Waals surface area contributed by atoms with Crippen LogP contribution in [0.1, 0.15) is 24.5 Å². The highest BCUT2D eigenvalue weighted by molar-refractivity contribution is 5.19. The van der Waals surface area contributed by atoms with E-state index in [2.05, 4.69) is 4.90 Å². The molecule has 0 saturated carbocycles. The highest BCUT2D eigenvalue weighted by Gasteiger charge is 2.14. The second-order valence-corrected chi connectivity index (χ2v) is 5.01. The van der Waals surface area contributed by atoms with Crippen LogP contribution in [0.2, 0.25) is 0 Å². The summed E-state index contributed by atoms with van der Waals surface area (Å²) in [6.07, 6.45) is 0.645. The highest BCUT2D eigenvalue weighted by Crippen LogP contribution is 2.20. The van der Waals surface area contributed by atoms with E-state index in [1.54, 1.807) is 32.4 Å². The average Bonchev–Trinajstić information content (AvgIpc) is 2.49. The first-order valence-corrected chi connectivity index (χ1v) is 7.31. The van der Waals surface area contributed by atoms with Crippen molar-refractivity contribution in [2.45, 2.75) is 18.9 Å². The number of benzene rings is 1. The quantitative estimate of drug-likeness (QED) is 0.636. The normalized spacial score (nSPS) is 12.8. The third kappa shape index (κ3) is 7.00. The van der Waals surface area contributed by atoms with Crippen molar-refractivity contribution < 1.29 is 19.0 Å². The number of aliphatic hydroxyl groups is 1. The van der Waals surface area contributed by atoms with Crippen LogP contribution in [0, 0.1) is 5.82 Å². The van der Waals surface area contributed by atoms with E-state index >= 15 is 0 Å². The summed E-state index contributed by atoms with van der Waals surface area (Å²) < 4.78 is 23.7. The van der Waals surface area contributed by atoms with Crippen LogP contribution in [0.3, 0.4) is 0 Å². The van der Waals surface area contributed by atoms with E-state index in [1.165, 1.54) is 6.07 Å². The topological polar surface area (TPSA) is 41.9 Å². The number of methoxy groups -OCH3 is 2. The van der Waals surface area contributed by atoms with Gasteiger partial charge in [0.2, 0.25) is 0 Å². The van der Waals surface area contributed by atoms with Crippen LogP contribution in [0.15, 0.2) is 24.3 Å². The van der Waals surface area contributed by atoms with Crippen molar-refractivity contribution in [3.8, 4) is 0 Å². The molecule has 21 heavy (non-hydrogen) atoms. The number of hydrogen-bond donors (Lipinski definition) is 1. The van der Waals surface area contributed by atoms with E-state index in [9.17, 15) is 9.50 Å². The molecule has 5 heteroatoms. The van der Waals surface area contributed by atoms with Gasteiger partial charge in [-0.1, -0.05) is 18.2 Å². The second kappa shape index (κ2) is 10.7. The fourth-order valence-corrected chi connectivity index (χ4v) is 2.19. The first-order valence-electron chi connectivity index (χ1n) is 7.31. The maximum atomic E-state index is 13.6. The van der Waals surface area contributed by atoms with Gasteiger partial charge in [0, 0.05) is 46.0 Å². The van der Waals surface area contributed by atoms with Gasteiger partial charge in [-0.25, -0.2) is 4.39 Å². The molecule has 0 aliphatic heterocycles. The first-order chi connectivity index (χ1) is 10.2. The SMILES string of the molecule is COCCCN(CCOC)CCC(O)c1ccccc1F. The van der Waals surface area contributed by atoms with Crippen LogP contribution in [0.5, 0.6) is 0 Å². The van der Waals surface area contributed by atoms with Crippen LogP contribution < -0.4 is 0 Å².